The van der Waals surface area contributed by atoms with Gasteiger partial charge in [0.05, 0.1) is 0 Å². The molecule has 0 aliphatic heterocycles. The molecule has 1 aliphatic carbocycles. The molecular formula is C17H23NOSe. The molecule has 2 nitrogen and oxygen atoms in total. The van der Waals surface area contributed by atoms with Crippen LogP contribution in [-0.4, -0.2) is 37.8 Å². The summed E-state index contributed by atoms with van der Waals surface area (Å²) in [6.45, 7) is 3.78. The van der Waals surface area contributed by atoms with E-state index in [0.29, 0.717) is 4.81 Å². The zero-order valence-corrected chi connectivity index (χ0v) is 13.9. The van der Waals surface area contributed by atoms with Crippen molar-refractivity contribution < 1.29 is 4.79 Å². The van der Waals surface area contributed by atoms with E-state index in [-0.39, 0.29) is 15.0 Å². The van der Waals surface area contributed by atoms with Crippen molar-refractivity contribution in [1.82, 2.24) is 4.90 Å². The fraction of sp³-hybridized carbons (Fsp3) is 0.471. The van der Waals surface area contributed by atoms with Crippen LogP contribution in [-0.2, 0) is 0 Å². The molecule has 2 rings (SSSR count). The number of hydrogen-bond acceptors (Lipinski definition) is 1. The SMILES string of the molecule is CCN(CCC1=CCCCC1)C(=O)[Se]c1ccccc1. The van der Waals surface area contributed by atoms with Crippen molar-refractivity contribution in [3.63, 3.8) is 0 Å². The topological polar surface area (TPSA) is 20.3 Å². The standard InChI is InChI=1S/C17H23NOSe/c1-2-18(14-13-15-9-5-3-6-10-15)17(19)20-16-11-7-4-8-12-16/h4,7-9,11-12H,2-3,5-6,10,13-14H2,1H3. The zero-order chi connectivity index (χ0) is 14.2. The van der Waals surface area contributed by atoms with Crippen molar-refractivity contribution in [1.29, 1.82) is 0 Å². The first-order valence-electron chi connectivity index (χ1n) is 7.49. The first-order valence-corrected chi connectivity index (χ1v) is 9.20. The summed E-state index contributed by atoms with van der Waals surface area (Å²) >= 11 is -0.0851. The molecule has 0 heterocycles. The third kappa shape index (κ3) is 4.81. The van der Waals surface area contributed by atoms with Crippen molar-refractivity contribution >= 4 is 24.2 Å². The van der Waals surface area contributed by atoms with E-state index in [1.165, 1.54) is 30.1 Å². The van der Waals surface area contributed by atoms with Gasteiger partial charge in [-0.25, -0.2) is 0 Å². The van der Waals surface area contributed by atoms with E-state index >= 15 is 0 Å². The van der Waals surface area contributed by atoms with Crippen molar-refractivity contribution in [3.8, 4) is 0 Å². The molecule has 0 saturated carbocycles. The molecule has 0 unspecified atom stereocenters. The van der Waals surface area contributed by atoms with Gasteiger partial charge in [-0.05, 0) is 0 Å². The molecule has 0 fully saturated rings. The summed E-state index contributed by atoms with van der Waals surface area (Å²) in [6.07, 6.45) is 8.55. The summed E-state index contributed by atoms with van der Waals surface area (Å²) in [5, 5.41) is 0. The molecule has 0 radical (unpaired) electrons. The van der Waals surface area contributed by atoms with Gasteiger partial charge >= 0.3 is 128 Å². The van der Waals surface area contributed by atoms with Crippen LogP contribution in [0.4, 0.5) is 4.79 Å². The Labute approximate surface area is 128 Å². The number of carbonyl (C=O) groups excluding carboxylic acids is 1. The molecule has 0 N–H and O–H groups in total. The Morgan fingerprint density at radius 2 is 2.05 bits per heavy atom. The van der Waals surface area contributed by atoms with Gasteiger partial charge < -0.3 is 0 Å². The van der Waals surface area contributed by atoms with Crippen LogP contribution in [0.15, 0.2) is 42.0 Å². The van der Waals surface area contributed by atoms with Crippen molar-refractivity contribution in [2.75, 3.05) is 13.1 Å². The number of allylic oxidation sites excluding steroid dienone is 1. The molecule has 0 atom stereocenters. The number of nitrogens with zero attached hydrogens (tertiary/aromatic N) is 1. The Morgan fingerprint density at radius 1 is 1.25 bits per heavy atom. The summed E-state index contributed by atoms with van der Waals surface area (Å²) < 4.78 is 1.17. The fourth-order valence-corrected chi connectivity index (χ4v) is 4.21. The van der Waals surface area contributed by atoms with Gasteiger partial charge in [-0.15, -0.1) is 0 Å². The molecule has 0 bridgehead atoms. The Kier molecular flexibility index (Phi) is 6.35. The summed E-state index contributed by atoms with van der Waals surface area (Å²) in [5.41, 5.74) is 1.55. The number of amides is 1. The first-order chi connectivity index (χ1) is 9.79. The van der Waals surface area contributed by atoms with Crippen molar-refractivity contribution in [2.24, 2.45) is 0 Å². The molecule has 108 valence electrons. The molecule has 1 amide bonds. The predicted octanol–water partition coefficient (Wildman–Crippen LogP) is 3.35. The summed E-state index contributed by atoms with van der Waals surface area (Å²) in [7, 11) is 0. The van der Waals surface area contributed by atoms with Crippen LogP contribution in [0.5, 0.6) is 0 Å². The summed E-state index contributed by atoms with van der Waals surface area (Å²) in [5.74, 6) is 0. The van der Waals surface area contributed by atoms with Gasteiger partial charge in [-0.3, -0.25) is 0 Å². The van der Waals surface area contributed by atoms with Crippen LogP contribution >= 0.6 is 0 Å². The monoisotopic (exact) mass is 337 g/mol. The average Bonchev–Trinajstić information content (AvgIpc) is 2.50. The van der Waals surface area contributed by atoms with E-state index in [4.69, 9.17) is 0 Å². The molecule has 20 heavy (non-hydrogen) atoms. The molecule has 3 heteroatoms. The normalized spacial score (nSPS) is 14.8. The van der Waals surface area contributed by atoms with E-state index in [0.717, 1.165) is 19.5 Å². The third-order valence-electron chi connectivity index (χ3n) is 3.68. The second-order valence-electron chi connectivity index (χ2n) is 5.12. The van der Waals surface area contributed by atoms with E-state index in [9.17, 15) is 4.79 Å². The van der Waals surface area contributed by atoms with Gasteiger partial charge in [0.25, 0.3) is 0 Å². The minimum absolute atomic E-state index is 0.0851. The van der Waals surface area contributed by atoms with E-state index in [1.807, 2.05) is 23.1 Å². The van der Waals surface area contributed by atoms with Crippen molar-refractivity contribution in [3.05, 3.63) is 42.0 Å². The maximum atomic E-state index is 12.4. The molecule has 0 saturated heterocycles. The Morgan fingerprint density at radius 3 is 2.70 bits per heavy atom. The van der Waals surface area contributed by atoms with E-state index in [2.05, 4.69) is 25.1 Å². The zero-order valence-electron chi connectivity index (χ0n) is 12.2. The second kappa shape index (κ2) is 8.28. The molecule has 0 spiro atoms. The predicted molar refractivity (Wildman–Crippen MR) is 85.6 cm³/mol. The van der Waals surface area contributed by atoms with Gasteiger partial charge in [-0.2, -0.15) is 0 Å². The van der Waals surface area contributed by atoms with Crippen molar-refractivity contribution in [2.45, 2.75) is 39.0 Å². The van der Waals surface area contributed by atoms with Crippen LogP contribution in [0, 0.1) is 0 Å². The van der Waals surface area contributed by atoms with Gasteiger partial charge in [0.15, 0.2) is 0 Å². The maximum absolute atomic E-state index is 12.4. The van der Waals surface area contributed by atoms with Crippen LogP contribution in [0.1, 0.15) is 39.0 Å². The van der Waals surface area contributed by atoms with E-state index < -0.39 is 0 Å². The third-order valence-corrected chi connectivity index (χ3v) is 5.65. The van der Waals surface area contributed by atoms with Gasteiger partial charge in [0.1, 0.15) is 0 Å². The number of rotatable bonds is 6. The molecule has 1 aliphatic rings. The number of carbonyl (C=O) groups is 1. The Bertz CT molecular complexity index is 455. The van der Waals surface area contributed by atoms with Gasteiger partial charge in [0.2, 0.25) is 0 Å². The molecule has 1 aromatic rings. The van der Waals surface area contributed by atoms with Crippen LogP contribution in [0.2, 0.25) is 0 Å². The van der Waals surface area contributed by atoms with Crippen LogP contribution < -0.4 is 4.46 Å². The summed E-state index contributed by atoms with van der Waals surface area (Å²) in [6, 6.07) is 10.1. The molecule has 1 aromatic carbocycles. The number of hydrogen-bond donors (Lipinski definition) is 0. The van der Waals surface area contributed by atoms with Crippen LogP contribution in [0.3, 0.4) is 0 Å². The minimum atomic E-state index is -0.0851. The fourth-order valence-electron chi connectivity index (χ4n) is 2.44. The second-order valence-corrected chi connectivity index (χ2v) is 7.27. The Hall–Kier alpha value is -1.05. The van der Waals surface area contributed by atoms with E-state index in [1.54, 1.807) is 5.57 Å². The average molecular weight is 336 g/mol. The van der Waals surface area contributed by atoms with Crippen LogP contribution in [0.25, 0.3) is 0 Å². The Balaban J connectivity index is 1.84. The quantitative estimate of drug-likeness (QED) is 0.576. The summed E-state index contributed by atoms with van der Waals surface area (Å²) in [4.78, 5) is 14.7. The first kappa shape index (κ1) is 15.3. The van der Waals surface area contributed by atoms with Gasteiger partial charge in [-0.1, -0.05) is 0 Å². The molecular weight excluding hydrogens is 313 g/mol. The molecule has 0 aromatic heterocycles. The number of benzene rings is 1. The van der Waals surface area contributed by atoms with Gasteiger partial charge in [0, 0.05) is 0 Å².